The van der Waals surface area contributed by atoms with Crippen molar-refractivity contribution in [3.8, 4) is 0 Å². The van der Waals surface area contributed by atoms with Crippen LogP contribution in [-0.4, -0.2) is 25.9 Å². The zero-order valence-corrected chi connectivity index (χ0v) is 13.5. The van der Waals surface area contributed by atoms with Gasteiger partial charge in [0.25, 0.3) is 5.91 Å². The van der Waals surface area contributed by atoms with Gasteiger partial charge in [-0.1, -0.05) is 0 Å². The van der Waals surface area contributed by atoms with Gasteiger partial charge in [0.15, 0.2) is 17.5 Å². The lowest BCUT2D eigenvalue weighted by molar-refractivity contribution is 0.101. The van der Waals surface area contributed by atoms with Gasteiger partial charge in [-0.2, -0.15) is 0 Å². The summed E-state index contributed by atoms with van der Waals surface area (Å²) in [6, 6.07) is 2.63. The zero-order valence-electron chi connectivity index (χ0n) is 12.7. The Morgan fingerprint density at radius 1 is 1.21 bits per heavy atom. The second kappa shape index (κ2) is 6.65. The van der Waals surface area contributed by atoms with Crippen molar-refractivity contribution in [1.29, 1.82) is 0 Å². The molecule has 0 fully saturated rings. The van der Waals surface area contributed by atoms with E-state index in [0.29, 0.717) is 0 Å². The van der Waals surface area contributed by atoms with E-state index in [1.807, 2.05) is 4.72 Å². The fourth-order valence-corrected chi connectivity index (χ4v) is 2.87. The number of hydrogen-bond donors (Lipinski definition) is 2. The maximum atomic E-state index is 14.4. The van der Waals surface area contributed by atoms with Crippen LogP contribution in [-0.2, 0) is 16.6 Å². The van der Waals surface area contributed by atoms with Gasteiger partial charge in [0, 0.05) is 24.5 Å². The van der Waals surface area contributed by atoms with E-state index >= 15 is 0 Å². The Labute approximate surface area is 136 Å². The molecule has 0 saturated carbocycles. The van der Waals surface area contributed by atoms with Gasteiger partial charge in [-0.15, -0.1) is 0 Å². The summed E-state index contributed by atoms with van der Waals surface area (Å²) in [5, 5.41) is 2.20. The average Bonchev–Trinajstić information content (AvgIpc) is 2.88. The number of rotatable bonds is 5. The molecule has 0 radical (unpaired) electrons. The Morgan fingerprint density at radius 2 is 1.88 bits per heavy atom. The molecule has 0 atom stereocenters. The van der Waals surface area contributed by atoms with Crippen molar-refractivity contribution in [2.24, 2.45) is 0 Å². The number of amides is 1. The van der Waals surface area contributed by atoms with E-state index in [1.54, 1.807) is 6.92 Å². The minimum atomic E-state index is -4.09. The number of benzene rings is 1. The lowest BCUT2D eigenvalue weighted by Gasteiger charge is -2.08. The molecule has 1 aromatic carbocycles. The first-order chi connectivity index (χ1) is 11.2. The highest BCUT2D eigenvalue weighted by atomic mass is 32.2. The molecule has 0 aliphatic heterocycles. The van der Waals surface area contributed by atoms with E-state index < -0.39 is 44.0 Å². The SMILES string of the molecule is CCn1cc(S(=O)(=O)NC)c(F)c1C(=O)Nc1ccc(F)c(F)c1. The van der Waals surface area contributed by atoms with Crippen LogP contribution < -0.4 is 10.0 Å². The number of halogens is 3. The fraction of sp³-hybridized carbons (Fsp3) is 0.214. The highest BCUT2D eigenvalue weighted by Crippen LogP contribution is 2.22. The van der Waals surface area contributed by atoms with Crippen LogP contribution in [0.5, 0.6) is 0 Å². The summed E-state index contributed by atoms with van der Waals surface area (Å²) in [7, 11) is -2.98. The molecule has 2 N–H and O–H groups in total. The van der Waals surface area contributed by atoms with Crippen LogP contribution >= 0.6 is 0 Å². The molecule has 24 heavy (non-hydrogen) atoms. The number of sulfonamides is 1. The minimum Gasteiger partial charge on any atom is -0.340 e. The summed E-state index contributed by atoms with van der Waals surface area (Å²) in [5.41, 5.74) is -0.628. The van der Waals surface area contributed by atoms with Gasteiger partial charge in [0.2, 0.25) is 10.0 Å². The molecule has 0 aliphatic rings. The standard InChI is InChI=1S/C14H14F3N3O3S/c1-3-20-7-11(24(22,23)18-2)12(17)13(20)14(21)19-8-4-5-9(15)10(16)6-8/h4-7,18H,3H2,1-2H3,(H,19,21). The number of nitrogens with zero attached hydrogens (tertiary/aromatic N) is 1. The molecule has 2 rings (SSSR count). The molecular formula is C14H14F3N3O3S. The second-order valence-electron chi connectivity index (χ2n) is 4.73. The van der Waals surface area contributed by atoms with Gasteiger partial charge >= 0.3 is 0 Å². The number of carbonyl (C=O) groups is 1. The Bertz CT molecular complexity index is 894. The number of nitrogens with one attached hydrogen (secondary N) is 2. The summed E-state index contributed by atoms with van der Waals surface area (Å²) in [4.78, 5) is 11.6. The van der Waals surface area contributed by atoms with Gasteiger partial charge < -0.3 is 9.88 Å². The Balaban J connectivity index is 2.43. The molecular weight excluding hydrogens is 347 g/mol. The Morgan fingerprint density at radius 3 is 2.42 bits per heavy atom. The smallest absolute Gasteiger partial charge is 0.275 e. The topological polar surface area (TPSA) is 80.2 Å². The van der Waals surface area contributed by atoms with Gasteiger partial charge in [0.05, 0.1) is 0 Å². The number of carbonyl (C=O) groups excluding carboxylic acids is 1. The van der Waals surface area contributed by atoms with Crippen LogP contribution in [0, 0.1) is 17.5 Å². The maximum absolute atomic E-state index is 14.4. The van der Waals surface area contributed by atoms with Crippen LogP contribution in [0.15, 0.2) is 29.3 Å². The molecule has 0 saturated heterocycles. The lowest BCUT2D eigenvalue weighted by Crippen LogP contribution is -2.20. The molecule has 0 unspecified atom stereocenters. The van der Waals surface area contributed by atoms with E-state index in [4.69, 9.17) is 0 Å². The number of hydrogen-bond acceptors (Lipinski definition) is 3. The number of anilines is 1. The molecule has 0 spiro atoms. The number of aryl methyl sites for hydroxylation is 1. The lowest BCUT2D eigenvalue weighted by atomic mass is 10.3. The summed E-state index contributed by atoms with van der Waals surface area (Å²) >= 11 is 0. The van der Waals surface area contributed by atoms with E-state index in [2.05, 4.69) is 5.32 Å². The monoisotopic (exact) mass is 361 g/mol. The molecule has 10 heteroatoms. The quantitative estimate of drug-likeness (QED) is 0.856. The van der Waals surface area contributed by atoms with E-state index in [-0.39, 0.29) is 12.2 Å². The van der Waals surface area contributed by atoms with Gasteiger partial charge in [-0.3, -0.25) is 4.79 Å². The summed E-state index contributed by atoms with van der Waals surface area (Å²) in [6.45, 7) is 1.71. The highest BCUT2D eigenvalue weighted by Gasteiger charge is 2.28. The fourth-order valence-electron chi connectivity index (χ4n) is 2.05. The highest BCUT2D eigenvalue weighted by molar-refractivity contribution is 7.89. The molecule has 6 nitrogen and oxygen atoms in total. The van der Waals surface area contributed by atoms with Crippen molar-refractivity contribution in [2.45, 2.75) is 18.4 Å². The van der Waals surface area contributed by atoms with E-state index in [0.717, 1.165) is 36.0 Å². The summed E-state index contributed by atoms with van der Waals surface area (Å²) < 4.78 is 67.1. The first kappa shape index (κ1) is 18.0. The first-order valence-electron chi connectivity index (χ1n) is 6.79. The second-order valence-corrected chi connectivity index (χ2v) is 6.59. The van der Waals surface area contributed by atoms with E-state index in [1.165, 1.54) is 0 Å². The molecule has 1 aromatic heterocycles. The zero-order chi connectivity index (χ0) is 18.1. The Hall–Kier alpha value is -2.33. The van der Waals surface area contributed by atoms with Crippen LogP contribution in [0.2, 0.25) is 0 Å². The third-order valence-electron chi connectivity index (χ3n) is 3.28. The van der Waals surface area contributed by atoms with Crippen LogP contribution in [0.3, 0.4) is 0 Å². The predicted octanol–water partition coefficient (Wildman–Crippen LogP) is 2.09. The van der Waals surface area contributed by atoms with E-state index in [9.17, 15) is 26.4 Å². The maximum Gasteiger partial charge on any atom is 0.275 e. The van der Waals surface area contributed by atoms with Gasteiger partial charge in [-0.25, -0.2) is 26.3 Å². The third-order valence-corrected chi connectivity index (χ3v) is 4.68. The average molecular weight is 361 g/mol. The van der Waals surface area contributed by atoms with Crippen LogP contribution in [0.25, 0.3) is 0 Å². The molecule has 130 valence electrons. The van der Waals surface area contributed by atoms with Crippen molar-refractivity contribution < 1.29 is 26.4 Å². The van der Waals surface area contributed by atoms with Gasteiger partial charge in [-0.05, 0) is 26.1 Å². The third kappa shape index (κ3) is 3.29. The van der Waals surface area contributed by atoms with Crippen LogP contribution in [0.1, 0.15) is 17.4 Å². The summed E-state index contributed by atoms with van der Waals surface area (Å²) in [6.07, 6.45) is 0.987. The van der Waals surface area contributed by atoms with Crippen molar-refractivity contribution in [3.05, 3.63) is 47.5 Å². The Kier molecular flexibility index (Phi) is 4.99. The van der Waals surface area contributed by atoms with Crippen molar-refractivity contribution in [3.63, 3.8) is 0 Å². The molecule has 1 amide bonds. The van der Waals surface area contributed by atoms with Crippen molar-refractivity contribution >= 4 is 21.6 Å². The molecule has 0 bridgehead atoms. The predicted molar refractivity (Wildman–Crippen MR) is 80.6 cm³/mol. The number of aromatic nitrogens is 1. The minimum absolute atomic E-state index is 0.0971. The largest absolute Gasteiger partial charge is 0.340 e. The molecule has 0 aliphatic carbocycles. The van der Waals surface area contributed by atoms with Gasteiger partial charge in [0.1, 0.15) is 10.6 Å². The normalized spacial score (nSPS) is 11.5. The molecule has 2 aromatic rings. The summed E-state index contributed by atoms with van der Waals surface area (Å²) in [5.74, 6) is -4.50. The van der Waals surface area contributed by atoms with Crippen molar-refractivity contribution in [2.75, 3.05) is 12.4 Å². The van der Waals surface area contributed by atoms with Crippen LogP contribution in [0.4, 0.5) is 18.9 Å². The first-order valence-corrected chi connectivity index (χ1v) is 8.28. The molecule has 1 heterocycles. The van der Waals surface area contributed by atoms with Crippen molar-refractivity contribution in [1.82, 2.24) is 9.29 Å².